The summed E-state index contributed by atoms with van der Waals surface area (Å²) in [7, 11) is 3.00. The molecule has 0 aromatic heterocycles. The van der Waals surface area contributed by atoms with E-state index < -0.39 is 5.97 Å². The Balaban J connectivity index is 1.77. The fraction of sp³-hybridized carbons (Fsp3) is 0.125. The zero-order valence-corrected chi connectivity index (χ0v) is 19.3. The smallest absolute Gasteiger partial charge is 0.343 e. The lowest BCUT2D eigenvalue weighted by Gasteiger charge is -2.11. The lowest BCUT2D eigenvalue weighted by Crippen LogP contribution is -2.17. The van der Waals surface area contributed by atoms with E-state index >= 15 is 0 Å². The summed E-state index contributed by atoms with van der Waals surface area (Å²) in [6.45, 7) is 1.90. The summed E-state index contributed by atoms with van der Waals surface area (Å²) in [5, 5.41) is 4.01. The van der Waals surface area contributed by atoms with Crippen LogP contribution in [0.15, 0.2) is 70.2 Å². The molecule has 0 aliphatic carbocycles. The third-order valence-electron chi connectivity index (χ3n) is 4.44. The van der Waals surface area contributed by atoms with Crippen molar-refractivity contribution in [3.8, 4) is 17.2 Å². The van der Waals surface area contributed by atoms with Crippen LogP contribution < -0.4 is 19.6 Å². The topological polar surface area (TPSA) is 86.2 Å². The van der Waals surface area contributed by atoms with E-state index in [0.29, 0.717) is 28.2 Å². The molecule has 3 rings (SSSR count). The van der Waals surface area contributed by atoms with E-state index in [9.17, 15) is 9.59 Å². The number of benzene rings is 3. The van der Waals surface area contributed by atoms with Gasteiger partial charge in [-0.05, 0) is 55.5 Å². The number of ether oxygens (including phenoxy) is 3. The van der Waals surface area contributed by atoms with Crippen molar-refractivity contribution < 1.29 is 23.8 Å². The van der Waals surface area contributed by atoms with Crippen LogP contribution >= 0.6 is 15.9 Å². The van der Waals surface area contributed by atoms with Crippen molar-refractivity contribution in [2.45, 2.75) is 6.92 Å². The summed E-state index contributed by atoms with van der Waals surface area (Å²) < 4.78 is 16.7. The molecule has 32 heavy (non-hydrogen) atoms. The molecule has 0 aliphatic heterocycles. The van der Waals surface area contributed by atoms with Crippen molar-refractivity contribution in [2.75, 3.05) is 14.2 Å². The molecule has 8 heteroatoms. The Hall–Kier alpha value is -3.65. The number of methoxy groups -OCH3 is 2. The van der Waals surface area contributed by atoms with E-state index in [-0.39, 0.29) is 11.7 Å². The highest BCUT2D eigenvalue weighted by Crippen LogP contribution is 2.29. The van der Waals surface area contributed by atoms with Gasteiger partial charge < -0.3 is 14.2 Å². The van der Waals surface area contributed by atoms with Gasteiger partial charge in [0, 0.05) is 15.6 Å². The molecule has 0 saturated heterocycles. The van der Waals surface area contributed by atoms with Crippen LogP contribution in [-0.2, 0) is 0 Å². The molecule has 0 heterocycles. The van der Waals surface area contributed by atoms with Gasteiger partial charge >= 0.3 is 5.97 Å². The fourth-order valence-electron chi connectivity index (χ4n) is 2.85. The quantitative estimate of drug-likeness (QED) is 0.220. The summed E-state index contributed by atoms with van der Waals surface area (Å²) >= 11 is 3.39. The largest absolute Gasteiger partial charge is 0.493 e. The molecule has 3 aromatic rings. The Morgan fingerprint density at radius 2 is 1.66 bits per heavy atom. The SMILES string of the molecule is COc1ccc(C(=O)Oc2ccc(Br)cc2/C=N\NC(=O)c2cccc(C)c2)cc1OC. The van der Waals surface area contributed by atoms with E-state index in [1.165, 1.54) is 26.5 Å². The Kier molecular flexibility index (Phi) is 7.62. The average Bonchev–Trinajstić information content (AvgIpc) is 2.80. The molecule has 1 amide bonds. The number of rotatable bonds is 7. The molecule has 0 saturated carbocycles. The molecule has 0 radical (unpaired) electrons. The molecule has 7 nitrogen and oxygen atoms in total. The fourth-order valence-corrected chi connectivity index (χ4v) is 3.23. The number of amides is 1. The van der Waals surface area contributed by atoms with Crippen molar-refractivity contribution in [3.63, 3.8) is 0 Å². The van der Waals surface area contributed by atoms with E-state index in [1.807, 2.05) is 13.0 Å². The minimum absolute atomic E-state index is 0.279. The summed E-state index contributed by atoms with van der Waals surface area (Å²) in [6, 6.07) is 17.0. The highest BCUT2D eigenvalue weighted by atomic mass is 79.9. The number of hydrogen-bond donors (Lipinski definition) is 1. The molecule has 0 unspecified atom stereocenters. The molecule has 1 N–H and O–H groups in total. The molecule has 0 atom stereocenters. The number of hydrogen-bond acceptors (Lipinski definition) is 6. The molecule has 0 aliphatic rings. The standard InChI is InChI=1S/C24H21BrN2O5/c1-15-5-4-6-16(11-15)23(28)27-26-14-18-12-19(25)8-10-20(18)32-24(29)17-7-9-21(30-2)22(13-17)31-3/h4-14H,1-3H3,(H,27,28)/b26-14-. The monoisotopic (exact) mass is 496 g/mol. The van der Waals surface area contributed by atoms with Crippen LogP contribution in [0.5, 0.6) is 17.2 Å². The third kappa shape index (κ3) is 5.73. The number of halogens is 1. The molecular formula is C24H21BrN2O5. The van der Waals surface area contributed by atoms with Crippen molar-refractivity contribution in [1.82, 2.24) is 5.43 Å². The number of nitrogens with zero attached hydrogens (tertiary/aromatic N) is 1. The maximum atomic E-state index is 12.7. The van der Waals surface area contributed by atoms with Gasteiger partial charge in [-0.15, -0.1) is 0 Å². The third-order valence-corrected chi connectivity index (χ3v) is 4.94. The van der Waals surface area contributed by atoms with Gasteiger partial charge in [0.25, 0.3) is 5.91 Å². The van der Waals surface area contributed by atoms with Crippen LogP contribution in [0, 0.1) is 6.92 Å². The van der Waals surface area contributed by atoms with Crippen LogP contribution in [0.25, 0.3) is 0 Å². The first-order chi connectivity index (χ1) is 15.4. The number of esters is 1. The van der Waals surface area contributed by atoms with Gasteiger partial charge in [-0.1, -0.05) is 33.6 Å². The maximum absolute atomic E-state index is 12.7. The van der Waals surface area contributed by atoms with E-state index in [4.69, 9.17) is 14.2 Å². The average molecular weight is 497 g/mol. The highest BCUT2D eigenvalue weighted by Gasteiger charge is 2.15. The number of hydrazone groups is 1. The maximum Gasteiger partial charge on any atom is 0.343 e. The summed E-state index contributed by atoms with van der Waals surface area (Å²) in [4.78, 5) is 24.9. The minimum atomic E-state index is -0.577. The summed E-state index contributed by atoms with van der Waals surface area (Å²) in [5.41, 5.74) is 4.74. The minimum Gasteiger partial charge on any atom is -0.493 e. The van der Waals surface area contributed by atoms with Gasteiger partial charge in [0.1, 0.15) is 5.75 Å². The molecule has 3 aromatic carbocycles. The summed E-state index contributed by atoms with van der Waals surface area (Å²) in [6.07, 6.45) is 1.41. The van der Waals surface area contributed by atoms with Gasteiger partial charge in [0.2, 0.25) is 0 Å². The van der Waals surface area contributed by atoms with Crippen molar-refractivity contribution in [2.24, 2.45) is 5.10 Å². The first kappa shape index (κ1) is 23.0. The first-order valence-electron chi connectivity index (χ1n) is 9.55. The van der Waals surface area contributed by atoms with Gasteiger partial charge in [-0.2, -0.15) is 5.10 Å². The van der Waals surface area contributed by atoms with Crippen LogP contribution in [0.3, 0.4) is 0 Å². The van der Waals surface area contributed by atoms with Gasteiger partial charge in [-0.3, -0.25) is 4.79 Å². The van der Waals surface area contributed by atoms with Crippen LogP contribution in [0.1, 0.15) is 31.8 Å². The van der Waals surface area contributed by atoms with Gasteiger partial charge in [0.15, 0.2) is 11.5 Å². The Labute approximate surface area is 194 Å². The van der Waals surface area contributed by atoms with Gasteiger partial charge in [-0.25, -0.2) is 10.2 Å². The van der Waals surface area contributed by atoms with Crippen LogP contribution in [-0.4, -0.2) is 32.3 Å². The lowest BCUT2D eigenvalue weighted by atomic mass is 10.1. The van der Waals surface area contributed by atoms with Crippen molar-refractivity contribution >= 4 is 34.0 Å². The van der Waals surface area contributed by atoms with Gasteiger partial charge in [0.05, 0.1) is 26.0 Å². The van der Waals surface area contributed by atoms with E-state index in [1.54, 1.807) is 48.5 Å². The van der Waals surface area contributed by atoms with Crippen LogP contribution in [0.4, 0.5) is 0 Å². The second-order valence-corrected chi connectivity index (χ2v) is 7.63. The Bertz CT molecular complexity index is 1180. The molecule has 164 valence electrons. The molecular weight excluding hydrogens is 476 g/mol. The molecule has 0 fully saturated rings. The van der Waals surface area contributed by atoms with Crippen LogP contribution in [0.2, 0.25) is 0 Å². The number of aryl methyl sites for hydroxylation is 1. The predicted molar refractivity (Wildman–Crippen MR) is 125 cm³/mol. The second kappa shape index (κ2) is 10.6. The lowest BCUT2D eigenvalue weighted by molar-refractivity contribution is 0.0733. The van der Waals surface area contributed by atoms with E-state index in [2.05, 4.69) is 26.5 Å². The molecule has 0 spiro atoms. The Morgan fingerprint density at radius 3 is 2.38 bits per heavy atom. The van der Waals surface area contributed by atoms with Crippen molar-refractivity contribution in [1.29, 1.82) is 0 Å². The number of carbonyl (C=O) groups is 2. The zero-order chi connectivity index (χ0) is 23.1. The zero-order valence-electron chi connectivity index (χ0n) is 17.7. The second-order valence-electron chi connectivity index (χ2n) is 6.71. The predicted octanol–water partition coefficient (Wildman–Crippen LogP) is 4.76. The van der Waals surface area contributed by atoms with Crippen molar-refractivity contribution in [3.05, 3.63) is 87.4 Å². The highest BCUT2D eigenvalue weighted by molar-refractivity contribution is 9.10. The Morgan fingerprint density at radius 1 is 0.906 bits per heavy atom. The number of carbonyl (C=O) groups excluding carboxylic acids is 2. The molecule has 0 bridgehead atoms. The summed E-state index contributed by atoms with van der Waals surface area (Å²) in [5.74, 6) is 0.278. The first-order valence-corrected chi connectivity index (χ1v) is 10.3. The van der Waals surface area contributed by atoms with E-state index in [0.717, 1.165) is 10.0 Å². The number of nitrogens with one attached hydrogen (secondary N) is 1. The normalized spacial score (nSPS) is 10.6.